The molecule has 3 rings (SSSR count). The lowest BCUT2D eigenvalue weighted by molar-refractivity contribution is 0.101. The molecule has 2 fully saturated rings. The first-order valence-electron chi connectivity index (χ1n) is 4.48. The zero-order chi connectivity index (χ0) is 7.97. The van der Waals surface area contributed by atoms with Crippen LogP contribution in [0.15, 0.2) is 11.6 Å². The summed E-state index contributed by atoms with van der Waals surface area (Å²) in [6.07, 6.45) is 6.65. The van der Waals surface area contributed by atoms with Gasteiger partial charge in [0.2, 0.25) is 0 Å². The van der Waals surface area contributed by atoms with Gasteiger partial charge in [0.15, 0.2) is 0 Å². The minimum atomic E-state index is 0.487. The maximum absolute atomic E-state index is 5.78. The normalized spacial score (nSPS) is 39.2. The lowest BCUT2D eigenvalue weighted by Gasteiger charge is -2.15. The molecule has 64 valence electrons. The molecule has 12 heavy (non-hydrogen) atoms. The highest BCUT2D eigenvalue weighted by Gasteiger charge is 2.42. The molecule has 0 saturated carbocycles. The Kier molecular flexibility index (Phi) is 1.49. The molecular formula is C9H11NOS. The molecule has 2 nitrogen and oxygen atoms in total. The lowest BCUT2D eigenvalue weighted by Crippen LogP contribution is -2.13. The van der Waals surface area contributed by atoms with Gasteiger partial charge < -0.3 is 4.74 Å². The smallest absolute Gasteiger partial charge is 0.0982 e. The third-order valence-electron chi connectivity index (χ3n) is 2.87. The van der Waals surface area contributed by atoms with Gasteiger partial charge in [0.25, 0.3) is 0 Å². The summed E-state index contributed by atoms with van der Waals surface area (Å²) in [5, 5.41) is 3.34. The van der Waals surface area contributed by atoms with Gasteiger partial charge in [-0.25, -0.2) is 4.98 Å². The molecule has 2 aliphatic rings. The second kappa shape index (κ2) is 2.54. The molecule has 0 aliphatic carbocycles. The molecule has 0 N–H and O–H groups in total. The van der Waals surface area contributed by atoms with Crippen LogP contribution >= 0.6 is 11.3 Å². The van der Waals surface area contributed by atoms with Crippen molar-refractivity contribution in [1.82, 2.24) is 4.98 Å². The molecule has 2 aliphatic heterocycles. The van der Waals surface area contributed by atoms with Gasteiger partial charge in [0, 0.05) is 17.5 Å². The zero-order valence-corrected chi connectivity index (χ0v) is 7.59. The Hall–Kier alpha value is -0.410. The van der Waals surface area contributed by atoms with E-state index >= 15 is 0 Å². The molecule has 0 aromatic carbocycles. The fourth-order valence-electron chi connectivity index (χ4n) is 2.32. The van der Waals surface area contributed by atoms with Crippen LogP contribution in [0.4, 0.5) is 0 Å². The van der Waals surface area contributed by atoms with E-state index < -0.39 is 0 Å². The van der Waals surface area contributed by atoms with Crippen LogP contribution in [0.3, 0.4) is 0 Å². The standard InChI is InChI=1S/C9H11NOS/c1-2-8-7(5-6(1)11-8)9-10-3-4-12-9/h3-4,6-8H,1-2,5H2. The quantitative estimate of drug-likeness (QED) is 0.662. The first-order valence-corrected chi connectivity index (χ1v) is 5.36. The van der Waals surface area contributed by atoms with Crippen molar-refractivity contribution in [3.63, 3.8) is 0 Å². The van der Waals surface area contributed by atoms with E-state index in [4.69, 9.17) is 4.74 Å². The van der Waals surface area contributed by atoms with Gasteiger partial charge in [-0.2, -0.15) is 0 Å². The average molecular weight is 181 g/mol. The highest BCUT2D eigenvalue weighted by molar-refractivity contribution is 7.09. The summed E-state index contributed by atoms with van der Waals surface area (Å²) in [4.78, 5) is 4.36. The summed E-state index contributed by atoms with van der Waals surface area (Å²) < 4.78 is 5.78. The number of hydrogen-bond acceptors (Lipinski definition) is 3. The lowest BCUT2D eigenvalue weighted by atomic mass is 9.90. The maximum Gasteiger partial charge on any atom is 0.0982 e. The van der Waals surface area contributed by atoms with Crippen LogP contribution < -0.4 is 0 Å². The number of fused-ring (bicyclic) bond motifs is 2. The Morgan fingerprint density at radius 1 is 1.50 bits per heavy atom. The van der Waals surface area contributed by atoms with Crippen molar-refractivity contribution in [2.45, 2.75) is 37.4 Å². The Morgan fingerprint density at radius 2 is 2.50 bits per heavy atom. The second-order valence-electron chi connectivity index (χ2n) is 3.59. The van der Waals surface area contributed by atoms with Crippen LogP contribution in [0.5, 0.6) is 0 Å². The largest absolute Gasteiger partial charge is 0.374 e. The fraction of sp³-hybridized carbons (Fsp3) is 0.667. The van der Waals surface area contributed by atoms with Crippen molar-refractivity contribution in [3.8, 4) is 0 Å². The maximum atomic E-state index is 5.78. The molecule has 3 atom stereocenters. The van der Waals surface area contributed by atoms with Crippen molar-refractivity contribution in [2.75, 3.05) is 0 Å². The van der Waals surface area contributed by atoms with Crippen LogP contribution in [0.2, 0.25) is 0 Å². The number of rotatable bonds is 1. The van der Waals surface area contributed by atoms with E-state index in [1.54, 1.807) is 11.3 Å². The zero-order valence-electron chi connectivity index (χ0n) is 6.77. The molecule has 0 amide bonds. The van der Waals surface area contributed by atoms with Crippen molar-refractivity contribution < 1.29 is 4.74 Å². The van der Waals surface area contributed by atoms with Gasteiger partial charge >= 0.3 is 0 Å². The molecular weight excluding hydrogens is 170 g/mol. The number of nitrogens with zero attached hydrogens (tertiary/aromatic N) is 1. The Morgan fingerprint density at radius 3 is 3.08 bits per heavy atom. The summed E-state index contributed by atoms with van der Waals surface area (Å²) in [5.41, 5.74) is 0. The molecule has 1 aromatic heterocycles. The first kappa shape index (κ1) is 7.04. The molecule has 2 saturated heterocycles. The summed E-state index contributed by atoms with van der Waals surface area (Å²) >= 11 is 1.77. The predicted molar refractivity (Wildman–Crippen MR) is 47.4 cm³/mol. The van der Waals surface area contributed by atoms with E-state index in [1.807, 2.05) is 6.20 Å². The highest BCUT2D eigenvalue weighted by Crippen LogP contribution is 2.44. The number of ether oxygens (including phenoxy) is 1. The minimum absolute atomic E-state index is 0.487. The number of aromatic nitrogens is 1. The third kappa shape index (κ3) is 0.930. The monoisotopic (exact) mass is 181 g/mol. The Balaban J connectivity index is 1.87. The summed E-state index contributed by atoms with van der Waals surface area (Å²) in [5.74, 6) is 0.615. The summed E-state index contributed by atoms with van der Waals surface area (Å²) in [6.45, 7) is 0. The molecule has 0 spiro atoms. The fourth-order valence-corrected chi connectivity index (χ4v) is 3.12. The number of thiazole rings is 1. The van der Waals surface area contributed by atoms with E-state index in [-0.39, 0.29) is 0 Å². The van der Waals surface area contributed by atoms with E-state index in [0.29, 0.717) is 18.1 Å². The van der Waals surface area contributed by atoms with Crippen LogP contribution in [-0.4, -0.2) is 17.2 Å². The molecule has 2 bridgehead atoms. The highest BCUT2D eigenvalue weighted by atomic mass is 32.1. The Bertz CT molecular complexity index is 272. The van der Waals surface area contributed by atoms with Gasteiger partial charge in [-0.1, -0.05) is 0 Å². The van der Waals surface area contributed by atoms with E-state index in [1.165, 1.54) is 24.3 Å². The molecule has 3 unspecified atom stereocenters. The van der Waals surface area contributed by atoms with Crippen LogP contribution in [-0.2, 0) is 4.74 Å². The van der Waals surface area contributed by atoms with Crippen molar-refractivity contribution >= 4 is 11.3 Å². The van der Waals surface area contributed by atoms with Gasteiger partial charge in [-0.15, -0.1) is 11.3 Å². The van der Waals surface area contributed by atoms with Crippen LogP contribution in [0, 0.1) is 0 Å². The molecule has 3 heterocycles. The van der Waals surface area contributed by atoms with Crippen molar-refractivity contribution in [1.29, 1.82) is 0 Å². The predicted octanol–water partition coefficient (Wildman–Crippen LogP) is 2.18. The second-order valence-corrected chi connectivity index (χ2v) is 4.51. The van der Waals surface area contributed by atoms with Crippen molar-refractivity contribution in [2.24, 2.45) is 0 Å². The summed E-state index contributed by atoms with van der Waals surface area (Å²) in [6, 6.07) is 0. The van der Waals surface area contributed by atoms with E-state index in [2.05, 4.69) is 10.4 Å². The average Bonchev–Trinajstić information content (AvgIpc) is 2.81. The summed E-state index contributed by atoms with van der Waals surface area (Å²) in [7, 11) is 0. The van der Waals surface area contributed by atoms with E-state index in [9.17, 15) is 0 Å². The van der Waals surface area contributed by atoms with Crippen LogP contribution in [0.25, 0.3) is 0 Å². The van der Waals surface area contributed by atoms with E-state index in [0.717, 1.165) is 0 Å². The minimum Gasteiger partial charge on any atom is -0.374 e. The van der Waals surface area contributed by atoms with Gasteiger partial charge in [-0.05, 0) is 19.3 Å². The number of hydrogen-bond donors (Lipinski definition) is 0. The van der Waals surface area contributed by atoms with Gasteiger partial charge in [0.05, 0.1) is 17.2 Å². The third-order valence-corrected chi connectivity index (χ3v) is 3.78. The SMILES string of the molecule is c1csc(C2CC3CCC2O3)n1. The first-order chi connectivity index (χ1) is 5.93. The Labute approximate surface area is 75.6 Å². The van der Waals surface area contributed by atoms with Gasteiger partial charge in [0.1, 0.15) is 0 Å². The van der Waals surface area contributed by atoms with Crippen LogP contribution in [0.1, 0.15) is 30.2 Å². The van der Waals surface area contributed by atoms with Gasteiger partial charge in [-0.3, -0.25) is 0 Å². The molecule has 3 heteroatoms. The van der Waals surface area contributed by atoms with Crippen molar-refractivity contribution in [3.05, 3.63) is 16.6 Å². The topological polar surface area (TPSA) is 22.1 Å². The molecule has 0 radical (unpaired) electrons. The molecule has 1 aromatic rings.